The first-order chi connectivity index (χ1) is 9.93. The number of hydrogen-bond donors (Lipinski definition) is 2. The van der Waals surface area contributed by atoms with E-state index in [0.29, 0.717) is 6.54 Å². The van der Waals surface area contributed by atoms with E-state index in [9.17, 15) is 14.7 Å². The molecule has 6 nitrogen and oxygen atoms in total. The SMILES string of the molecule is CN(CCc1cccs1)C(=O)NC1COCC1(C)C(=O)O. The van der Waals surface area contributed by atoms with Gasteiger partial charge in [-0.3, -0.25) is 4.79 Å². The molecule has 0 radical (unpaired) electrons. The van der Waals surface area contributed by atoms with Crippen LogP contribution in [0.25, 0.3) is 0 Å². The van der Waals surface area contributed by atoms with E-state index in [4.69, 9.17) is 4.74 Å². The lowest BCUT2D eigenvalue weighted by atomic mass is 9.85. The van der Waals surface area contributed by atoms with E-state index >= 15 is 0 Å². The molecule has 0 bridgehead atoms. The number of urea groups is 1. The van der Waals surface area contributed by atoms with Crippen LogP contribution in [0.2, 0.25) is 0 Å². The molecule has 2 heterocycles. The first kappa shape index (κ1) is 15.8. The number of rotatable bonds is 5. The van der Waals surface area contributed by atoms with Crippen LogP contribution in [0, 0.1) is 5.41 Å². The van der Waals surface area contributed by atoms with Crippen LogP contribution in [0.15, 0.2) is 17.5 Å². The maximum atomic E-state index is 12.1. The van der Waals surface area contributed by atoms with Crippen LogP contribution in [0.3, 0.4) is 0 Å². The Hall–Kier alpha value is -1.60. The van der Waals surface area contributed by atoms with E-state index in [1.165, 1.54) is 4.88 Å². The number of aliphatic carboxylic acids is 1. The maximum absolute atomic E-state index is 12.1. The molecule has 1 aromatic heterocycles. The quantitative estimate of drug-likeness (QED) is 0.862. The molecule has 116 valence electrons. The van der Waals surface area contributed by atoms with Gasteiger partial charge in [-0.15, -0.1) is 11.3 Å². The summed E-state index contributed by atoms with van der Waals surface area (Å²) in [6.45, 7) is 2.53. The van der Waals surface area contributed by atoms with E-state index in [0.717, 1.165) is 6.42 Å². The molecule has 1 saturated heterocycles. The van der Waals surface area contributed by atoms with Crippen LogP contribution < -0.4 is 5.32 Å². The number of hydrogen-bond acceptors (Lipinski definition) is 4. The lowest BCUT2D eigenvalue weighted by Gasteiger charge is -2.27. The molecule has 1 fully saturated rings. The fourth-order valence-corrected chi connectivity index (χ4v) is 2.88. The summed E-state index contributed by atoms with van der Waals surface area (Å²) in [5.74, 6) is -0.952. The molecular weight excluding hydrogens is 292 g/mol. The van der Waals surface area contributed by atoms with Crippen molar-refractivity contribution in [2.75, 3.05) is 26.8 Å². The Kier molecular flexibility index (Phi) is 4.84. The number of nitrogens with zero attached hydrogens (tertiary/aromatic N) is 1. The number of carboxylic acids is 1. The molecule has 1 aromatic rings. The largest absolute Gasteiger partial charge is 0.481 e. The summed E-state index contributed by atoms with van der Waals surface area (Å²) in [7, 11) is 1.71. The molecule has 1 aliphatic rings. The summed E-state index contributed by atoms with van der Waals surface area (Å²) in [6, 6.07) is 3.23. The van der Waals surface area contributed by atoms with Gasteiger partial charge in [0.2, 0.25) is 0 Å². The van der Waals surface area contributed by atoms with Crippen molar-refractivity contribution in [1.82, 2.24) is 10.2 Å². The highest BCUT2D eigenvalue weighted by Gasteiger charge is 2.47. The molecule has 0 aliphatic carbocycles. The number of carbonyl (C=O) groups excluding carboxylic acids is 1. The second kappa shape index (κ2) is 6.44. The van der Waals surface area contributed by atoms with Crippen molar-refractivity contribution in [3.05, 3.63) is 22.4 Å². The second-order valence-electron chi connectivity index (χ2n) is 5.49. The van der Waals surface area contributed by atoms with Crippen LogP contribution in [0.4, 0.5) is 4.79 Å². The monoisotopic (exact) mass is 312 g/mol. The first-order valence-corrected chi connectivity index (χ1v) is 7.66. The summed E-state index contributed by atoms with van der Waals surface area (Å²) in [6.07, 6.45) is 0.791. The Morgan fingerprint density at radius 3 is 3.00 bits per heavy atom. The Labute approximate surface area is 127 Å². The smallest absolute Gasteiger partial charge is 0.317 e. The highest BCUT2D eigenvalue weighted by Crippen LogP contribution is 2.28. The molecule has 2 unspecified atom stereocenters. The average Bonchev–Trinajstić information content (AvgIpc) is 3.07. The van der Waals surface area contributed by atoms with E-state index in [2.05, 4.69) is 5.32 Å². The minimum Gasteiger partial charge on any atom is -0.481 e. The highest BCUT2D eigenvalue weighted by atomic mass is 32.1. The van der Waals surface area contributed by atoms with Gasteiger partial charge in [-0.1, -0.05) is 6.07 Å². The number of likely N-dealkylation sites (N-methyl/N-ethyl adjacent to an activating group) is 1. The van der Waals surface area contributed by atoms with Gasteiger partial charge in [-0.2, -0.15) is 0 Å². The lowest BCUT2D eigenvalue weighted by molar-refractivity contribution is -0.148. The minimum atomic E-state index is -1.07. The fourth-order valence-electron chi connectivity index (χ4n) is 2.18. The van der Waals surface area contributed by atoms with Gasteiger partial charge in [0.1, 0.15) is 5.41 Å². The van der Waals surface area contributed by atoms with Gasteiger partial charge in [-0.25, -0.2) is 4.79 Å². The van der Waals surface area contributed by atoms with Gasteiger partial charge in [0.15, 0.2) is 0 Å². The third kappa shape index (κ3) is 3.54. The third-order valence-electron chi connectivity index (χ3n) is 3.86. The van der Waals surface area contributed by atoms with Gasteiger partial charge >= 0.3 is 12.0 Å². The fraction of sp³-hybridized carbons (Fsp3) is 0.571. The number of carboxylic acid groups (broad SMARTS) is 1. The summed E-state index contributed by atoms with van der Waals surface area (Å²) in [5, 5.41) is 14.0. The zero-order valence-electron chi connectivity index (χ0n) is 12.2. The van der Waals surface area contributed by atoms with Gasteiger partial charge in [0.05, 0.1) is 19.3 Å². The van der Waals surface area contributed by atoms with Crippen molar-refractivity contribution in [2.45, 2.75) is 19.4 Å². The topological polar surface area (TPSA) is 78.9 Å². The van der Waals surface area contributed by atoms with Crippen molar-refractivity contribution in [3.8, 4) is 0 Å². The molecule has 0 aromatic carbocycles. The first-order valence-electron chi connectivity index (χ1n) is 6.78. The van der Waals surface area contributed by atoms with Gasteiger partial charge in [0.25, 0.3) is 0 Å². The standard InChI is InChI=1S/C14H20N2O4S/c1-14(12(17)18)9-20-8-11(14)15-13(19)16(2)6-5-10-4-3-7-21-10/h3-4,7,11H,5-6,8-9H2,1-2H3,(H,15,19)(H,17,18). The van der Waals surface area contributed by atoms with Crippen molar-refractivity contribution in [3.63, 3.8) is 0 Å². The van der Waals surface area contributed by atoms with Crippen molar-refractivity contribution >= 4 is 23.3 Å². The van der Waals surface area contributed by atoms with Gasteiger partial charge in [-0.05, 0) is 24.8 Å². The molecule has 2 atom stereocenters. The predicted molar refractivity (Wildman–Crippen MR) is 79.5 cm³/mol. The van der Waals surface area contributed by atoms with Crippen molar-refractivity contribution in [2.24, 2.45) is 5.41 Å². The minimum absolute atomic E-state index is 0.117. The Bertz CT molecular complexity index is 505. The second-order valence-corrected chi connectivity index (χ2v) is 6.52. The van der Waals surface area contributed by atoms with Crippen LogP contribution in [0.5, 0.6) is 0 Å². The van der Waals surface area contributed by atoms with Crippen LogP contribution in [-0.2, 0) is 16.0 Å². The summed E-state index contributed by atoms with van der Waals surface area (Å²) < 4.78 is 5.22. The number of carbonyl (C=O) groups is 2. The van der Waals surface area contributed by atoms with Gasteiger partial charge in [0, 0.05) is 18.5 Å². The summed E-state index contributed by atoms with van der Waals surface area (Å²) in [4.78, 5) is 26.2. The predicted octanol–water partition coefficient (Wildman–Crippen LogP) is 1.42. The summed E-state index contributed by atoms with van der Waals surface area (Å²) in [5.41, 5.74) is -1.07. The van der Waals surface area contributed by atoms with E-state index in [1.807, 2.05) is 17.5 Å². The Balaban J connectivity index is 1.87. The van der Waals surface area contributed by atoms with E-state index in [-0.39, 0.29) is 19.2 Å². The molecule has 21 heavy (non-hydrogen) atoms. The number of nitrogens with one attached hydrogen (secondary N) is 1. The number of thiophene rings is 1. The molecule has 0 saturated carbocycles. The van der Waals surface area contributed by atoms with Crippen LogP contribution >= 0.6 is 11.3 Å². The van der Waals surface area contributed by atoms with Crippen molar-refractivity contribution in [1.29, 1.82) is 0 Å². The highest BCUT2D eigenvalue weighted by molar-refractivity contribution is 7.09. The Morgan fingerprint density at radius 2 is 2.38 bits per heavy atom. The molecule has 2 amide bonds. The molecular formula is C14H20N2O4S. The zero-order chi connectivity index (χ0) is 15.5. The number of ether oxygens (including phenoxy) is 1. The summed E-state index contributed by atoms with van der Waals surface area (Å²) >= 11 is 1.66. The van der Waals surface area contributed by atoms with Gasteiger partial charge < -0.3 is 20.1 Å². The molecule has 2 rings (SSSR count). The van der Waals surface area contributed by atoms with E-state index in [1.54, 1.807) is 30.2 Å². The van der Waals surface area contributed by atoms with E-state index < -0.39 is 17.4 Å². The normalized spacial score (nSPS) is 24.8. The van der Waals surface area contributed by atoms with Crippen LogP contribution in [0.1, 0.15) is 11.8 Å². The maximum Gasteiger partial charge on any atom is 0.317 e. The molecule has 2 N–H and O–H groups in total. The van der Waals surface area contributed by atoms with Crippen molar-refractivity contribution < 1.29 is 19.4 Å². The Morgan fingerprint density at radius 1 is 1.62 bits per heavy atom. The third-order valence-corrected chi connectivity index (χ3v) is 4.80. The zero-order valence-corrected chi connectivity index (χ0v) is 13.0. The van der Waals surface area contributed by atoms with Crippen LogP contribution in [-0.4, -0.2) is 54.9 Å². The number of amides is 2. The molecule has 1 aliphatic heterocycles. The average molecular weight is 312 g/mol. The lowest BCUT2D eigenvalue weighted by Crippen LogP contribution is -2.52. The molecule has 7 heteroatoms. The molecule has 0 spiro atoms.